The first kappa shape index (κ1) is 51.7. The van der Waals surface area contributed by atoms with E-state index in [1.807, 2.05) is 38.1 Å². The van der Waals surface area contributed by atoms with E-state index in [0.29, 0.717) is 0 Å². The fourth-order valence-electron chi connectivity index (χ4n) is 5.17. The van der Waals surface area contributed by atoms with Crippen LogP contribution in [0, 0.1) is 42.5 Å². The van der Waals surface area contributed by atoms with Gasteiger partial charge in [0.15, 0.2) is 5.44 Å². The number of alkyl halides is 2. The van der Waals surface area contributed by atoms with E-state index in [0.717, 1.165) is 28.2 Å². The molecule has 0 spiro atoms. The van der Waals surface area contributed by atoms with E-state index in [-0.39, 0.29) is 54.3 Å². The maximum absolute atomic E-state index is 4.77. The summed E-state index contributed by atoms with van der Waals surface area (Å²) in [4.78, 5) is 13.6. The van der Waals surface area contributed by atoms with Crippen molar-refractivity contribution >= 4 is 71.1 Å². The summed E-state index contributed by atoms with van der Waals surface area (Å²) in [7, 11) is -1.58. The molecule has 0 saturated heterocycles. The number of nitrogens with zero attached hydrogens (tertiary/aromatic N) is 3. The molecule has 0 N–H and O–H groups in total. The quantitative estimate of drug-likeness (QED) is 0.0723. The zero-order chi connectivity index (χ0) is 36.3. The number of pyridine rings is 3. The molecule has 0 unspecified atom stereocenters. The second-order valence-electron chi connectivity index (χ2n) is 11.3. The molecule has 0 aliphatic carbocycles. The van der Waals surface area contributed by atoms with E-state index in [9.17, 15) is 0 Å². The van der Waals surface area contributed by atoms with E-state index in [4.69, 9.17) is 33.2 Å². The summed E-state index contributed by atoms with van der Waals surface area (Å²) in [5.74, 6) is 0. The normalized spacial score (nSPS) is 9.44. The molecule has 7 rings (SSSR count). The van der Waals surface area contributed by atoms with Gasteiger partial charge in [0, 0.05) is 31.1 Å². The Hall–Kier alpha value is -3.32. The molecule has 293 valence electrons. The molecule has 0 amide bonds. The van der Waals surface area contributed by atoms with Crippen molar-refractivity contribution in [3.8, 4) is 0 Å². The summed E-state index contributed by atoms with van der Waals surface area (Å²) in [5.41, 5.74) is 6.38. The first-order valence-corrected chi connectivity index (χ1v) is 20.4. The van der Waals surface area contributed by atoms with Crippen molar-refractivity contribution in [1.82, 2.24) is 15.0 Å². The molecule has 0 atom stereocenters. The minimum absolute atomic E-state index is 0. The summed E-state index contributed by atoms with van der Waals surface area (Å²) in [6.07, 6.45) is 0. The summed E-state index contributed by atoms with van der Waals surface area (Å²) in [6.45, 7) is 9.73. The molecule has 0 fully saturated rings. The fourth-order valence-corrected chi connectivity index (χ4v) is 9.96. The Balaban J connectivity index is 0.000000792. The second kappa shape index (κ2) is 29.0. The second-order valence-corrected chi connectivity index (χ2v) is 16.7. The van der Waals surface area contributed by atoms with Gasteiger partial charge in [-0.15, -0.1) is 35.0 Å². The number of aromatic nitrogens is 3. The van der Waals surface area contributed by atoms with Crippen molar-refractivity contribution < 1.29 is 34.1 Å². The molecule has 0 saturated carbocycles. The molecule has 1 radical (unpaired) electrons. The Morgan fingerprint density at radius 3 is 1.22 bits per heavy atom. The van der Waals surface area contributed by atoms with Gasteiger partial charge in [-0.05, 0) is 73.8 Å². The van der Waals surface area contributed by atoms with E-state index >= 15 is 0 Å². The maximum Gasteiger partial charge on any atom is 2.00 e. The molecular formula is C46H49Cl2Cu2N3P2+. The van der Waals surface area contributed by atoms with Crippen molar-refractivity contribution in [2.45, 2.75) is 20.8 Å². The molecule has 3 nitrogen and oxygen atoms in total. The van der Waals surface area contributed by atoms with Crippen LogP contribution in [0.5, 0.6) is 0 Å². The van der Waals surface area contributed by atoms with Crippen LogP contribution in [0.3, 0.4) is 0 Å². The molecule has 0 aliphatic rings. The average molecular weight is 904 g/mol. The van der Waals surface area contributed by atoms with Crippen LogP contribution in [0.25, 0.3) is 0 Å². The molecule has 3 aromatic heterocycles. The minimum atomic E-state index is -1.01. The smallest absolute Gasteiger partial charge is 0.358 e. The number of hydrogen-bond acceptors (Lipinski definition) is 3. The summed E-state index contributed by atoms with van der Waals surface area (Å²) in [6, 6.07) is 61.1. The van der Waals surface area contributed by atoms with Crippen LogP contribution in [0.1, 0.15) is 22.8 Å². The van der Waals surface area contributed by atoms with Gasteiger partial charge in [-0.2, -0.15) is 6.07 Å². The molecular weight excluding hydrogens is 854 g/mol. The van der Waals surface area contributed by atoms with Crippen LogP contribution in [0.15, 0.2) is 176 Å². The van der Waals surface area contributed by atoms with Gasteiger partial charge in [0.2, 0.25) is 0 Å². The van der Waals surface area contributed by atoms with E-state index < -0.39 is 15.8 Å². The molecule has 9 heteroatoms. The van der Waals surface area contributed by atoms with E-state index in [1.165, 1.54) is 26.7 Å². The Morgan fingerprint density at radius 1 is 0.491 bits per heavy atom. The van der Waals surface area contributed by atoms with Crippen molar-refractivity contribution in [3.63, 3.8) is 0 Å². The molecule has 0 aliphatic heterocycles. The standard InChI is InChI=1S/2C18H16NP.C7H8N.CH2Cl2.2CH3.2Cu/c2*1-15-9-8-14-18(19-15)20(16-10-4-2-5-11-16)17-12-6-3-7-13-17;1-6-4-3-5-7(2)8-6;2-1-3;;;;/h2*2-14H,1H3;3-5H,1H2,2H3;1H2;2*1H3;;/q;;-1;;2*-1;+1;+2/p+1. The fraction of sp³-hybridized carbons (Fsp3) is 0.0870. The van der Waals surface area contributed by atoms with Crippen LogP contribution in [-0.4, -0.2) is 20.3 Å². The van der Waals surface area contributed by atoms with Crippen LogP contribution in [0.4, 0.5) is 0 Å². The molecule has 0 bridgehead atoms. The maximum atomic E-state index is 4.77. The molecule has 3 heterocycles. The van der Waals surface area contributed by atoms with Crippen molar-refractivity contribution in [2.75, 3.05) is 5.34 Å². The van der Waals surface area contributed by atoms with Gasteiger partial charge in [-0.1, -0.05) is 115 Å². The number of rotatable bonds is 6. The largest absolute Gasteiger partial charge is 2.00 e. The van der Waals surface area contributed by atoms with Gasteiger partial charge in [0.1, 0.15) is 18.5 Å². The van der Waals surface area contributed by atoms with Crippen LogP contribution in [0.2, 0.25) is 0 Å². The number of benzene rings is 4. The van der Waals surface area contributed by atoms with Crippen molar-refractivity contribution in [3.05, 3.63) is 220 Å². The Morgan fingerprint density at radius 2 is 0.855 bits per heavy atom. The Bertz CT molecular complexity index is 1790. The van der Waals surface area contributed by atoms with Gasteiger partial charge in [-0.25, -0.2) is 11.9 Å². The third-order valence-electron chi connectivity index (χ3n) is 7.35. The van der Waals surface area contributed by atoms with E-state index in [1.54, 1.807) is 0 Å². The van der Waals surface area contributed by atoms with E-state index in [2.05, 4.69) is 170 Å². The van der Waals surface area contributed by atoms with Gasteiger partial charge >= 0.3 is 34.1 Å². The van der Waals surface area contributed by atoms with Gasteiger partial charge < -0.3 is 14.9 Å². The summed E-state index contributed by atoms with van der Waals surface area (Å²) >= 11 is 9.53. The Labute approximate surface area is 364 Å². The average Bonchev–Trinajstić information content (AvgIpc) is 3.15. The van der Waals surface area contributed by atoms with Crippen LogP contribution >= 0.6 is 39.0 Å². The van der Waals surface area contributed by atoms with Crippen molar-refractivity contribution in [2.24, 2.45) is 0 Å². The molecule has 55 heavy (non-hydrogen) atoms. The van der Waals surface area contributed by atoms with Crippen molar-refractivity contribution in [1.29, 1.82) is 0 Å². The minimum Gasteiger partial charge on any atom is -0.358 e. The predicted octanol–water partition coefficient (Wildman–Crippen LogP) is 9.92. The predicted molar refractivity (Wildman–Crippen MR) is 240 cm³/mol. The van der Waals surface area contributed by atoms with Gasteiger partial charge in [-0.3, -0.25) is 9.97 Å². The first-order valence-electron chi connectivity index (χ1n) is 16.5. The number of aryl methyl sites for hydroxylation is 3. The zero-order valence-electron chi connectivity index (χ0n) is 31.8. The molecule has 4 aromatic carbocycles. The summed E-state index contributed by atoms with van der Waals surface area (Å²) in [5, 5.41) is 5.63. The van der Waals surface area contributed by atoms with Gasteiger partial charge in [0.05, 0.1) is 10.8 Å². The summed E-state index contributed by atoms with van der Waals surface area (Å²) < 4.78 is 0. The topological polar surface area (TPSA) is 38.7 Å². The SMILES string of the molecule is Cc1cccc(P(c2ccccc2)c2ccccc2)n1.Cc1cccc([PH+](c2ccccc2)c2ccccc2)n1.ClCCl.[CH2-]c1cccc(C)n1.[CH3-].[CH3-].[Cu+2].[Cu+]. The monoisotopic (exact) mass is 901 g/mol. The molecule has 7 aromatic rings. The number of hydrogen-bond donors (Lipinski definition) is 0. The third kappa shape index (κ3) is 17.6. The zero-order valence-corrected chi connectivity index (χ0v) is 37.1. The van der Waals surface area contributed by atoms with Crippen LogP contribution in [-0.2, 0) is 34.1 Å². The van der Waals surface area contributed by atoms with Crippen LogP contribution < -0.4 is 32.1 Å². The Kier molecular flexibility index (Phi) is 27.2. The number of halogens is 2. The van der Waals surface area contributed by atoms with Gasteiger partial charge in [0.25, 0.3) is 0 Å². The third-order valence-corrected chi connectivity index (χ3v) is 12.3. The first-order chi connectivity index (χ1) is 24.9.